The summed E-state index contributed by atoms with van der Waals surface area (Å²) in [5.74, 6) is 0.492. The fraction of sp³-hybridized carbons (Fsp3) is 0.250. The number of hydrogen-bond donors (Lipinski definition) is 1. The zero-order chi connectivity index (χ0) is 25.7. The highest BCUT2D eigenvalue weighted by Crippen LogP contribution is 2.28. The molecular formula is C28H28Cl2N4O2. The van der Waals surface area contributed by atoms with Crippen molar-refractivity contribution in [2.45, 2.75) is 39.2 Å². The Morgan fingerprint density at radius 3 is 2.44 bits per heavy atom. The topological polar surface area (TPSA) is 67.2 Å². The van der Waals surface area contributed by atoms with E-state index < -0.39 is 6.04 Å². The van der Waals surface area contributed by atoms with Crippen LogP contribution in [0.15, 0.2) is 77.6 Å². The highest BCUT2D eigenvalue weighted by Gasteiger charge is 2.29. The lowest BCUT2D eigenvalue weighted by Crippen LogP contribution is -2.41. The number of halogens is 2. The van der Waals surface area contributed by atoms with Gasteiger partial charge < -0.3 is 10.2 Å². The average molecular weight is 523 g/mol. The number of nitrogens with zero attached hydrogens (tertiary/aromatic N) is 3. The molecule has 186 valence electrons. The third-order valence-corrected chi connectivity index (χ3v) is 6.53. The van der Waals surface area contributed by atoms with E-state index in [-0.39, 0.29) is 11.6 Å². The molecule has 0 aliphatic carbocycles. The summed E-state index contributed by atoms with van der Waals surface area (Å²) in [6, 6.07) is 20.6. The first-order valence-corrected chi connectivity index (χ1v) is 12.8. The first-order valence-electron chi connectivity index (χ1n) is 12.0. The van der Waals surface area contributed by atoms with E-state index in [9.17, 15) is 9.59 Å². The number of unbranched alkanes of at least 4 members (excludes halogenated alkanes) is 1. The van der Waals surface area contributed by atoms with Crippen molar-refractivity contribution < 1.29 is 4.79 Å². The molecule has 1 unspecified atom stereocenters. The van der Waals surface area contributed by atoms with Gasteiger partial charge in [0.25, 0.3) is 5.56 Å². The van der Waals surface area contributed by atoms with Crippen molar-refractivity contribution in [2.24, 2.45) is 0 Å². The Morgan fingerprint density at radius 2 is 1.75 bits per heavy atom. The summed E-state index contributed by atoms with van der Waals surface area (Å²) < 4.78 is 1.58. The van der Waals surface area contributed by atoms with Gasteiger partial charge >= 0.3 is 6.03 Å². The van der Waals surface area contributed by atoms with Crippen LogP contribution in [0, 0.1) is 0 Å². The van der Waals surface area contributed by atoms with Gasteiger partial charge in [-0.05, 0) is 67.4 Å². The van der Waals surface area contributed by atoms with Crippen molar-refractivity contribution in [1.29, 1.82) is 0 Å². The van der Waals surface area contributed by atoms with Crippen molar-refractivity contribution in [1.82, 2.24) is 14.5 Å². The van der Waals surface area contributed by atoms with Crippen molar-refractivity contribution in [3.05, 3.63) is 99.0 Å². The molecule has 2 amide bonds. The second-order valence-corrected chi connectivity index (χ2v) is 9.39. The number of urea groups is 1. The summed E-state index contributed by atoms with van der Waals surface area (Å²) in [7, 11) is 0. The lowest BCUT2D eigenvalue weighted by Gasteiger charge is -2.32. The van der Waals surface area contributed by atoms with E-state index in [1.807, 2.05) is 31.2 Å². The number of benzene rings is 3. The molecule has 1 N–H and O–H groups in total. The lowest BCUT2D eigenvalue weighted by atomic mass is 10.1. The molecule has 0 aliphatic rings. The molecule has 36 heavy (non-hydrogen) atoms. The molecule has 1 heterocycles. The van der Waals surface area contributed by atoms with Gasteiger partial charge in [0.05, 0.1) is 22.6 Å². The molecule has 3 aromatic carbocycles. The molecule has 4 aromatic rings. The van der Waals surface area contributed by atoms with Crippen LogP contribution in [0.1, 0.15) is 45.0 Å². The number of rotatable bonds is 8. The standard InChI is InChI=1S/C28H28Cl2N4O2/c1-3-5-17-33(28(36)31-21-15-13-19(29)14-16-21)25(4-2)26-32-24-12-7-6-11-23(24)27(35)34(26)22-10-8-9-20(30)18-22/h6-16,18,25H,3-5,17H2,1-2H3,(H,31,36). The largest absolute Gasteiger partial charge is 0.322 e. The number of hydrogen-bond acceptors (Lipinski definition) is 3. The van der Waals surface area contributed by atoms with E-state index >= 15 is 0 Å². The van der Waals surface area contributed by atoms with Gasteiger partial charge in [0.2, 0.25) is 0 Å². The van der Waals surface area contributed by atoms with Crippen LogP contribution in [-0.4, -0.2) is 27.0 Å². The molecule has 1 aromatic heterocycles. The highest BCUT2D eigenvalue weighted by atomic mass is 35.5. The predicted molar refractivity (Wildman–Crippen MR) is 147 cm³/mol. The van der Waals surface area contributed by atoms with Gasteiger partial charge in [-0.25, -0.2) is 9.78 Å². The van der Waals surface area contributed by atoms with Crippen LogP contribution >= 0.6 is 23.2 Å². The number of fused-ring (bicyclic) bond motifs is 1. The van der Waals surface area contributed by atoms with Crippen molar-refractivity contribution in [3.8, 4) is 5.69 Å². The van der Waals surface area contributed by atoms with Crippen LogP contribution in [0.5, 0.6) is 0 Å². The van der Waals surface area contributed by atoms with Crippen LogP contribution < -0.4 is 10.9 Å². The first kappa shape index (κ1) is 25.7. The molecule has 0 fully saturated rings. The number of para-hydroxylation sites is 1. The number of anilines is 1. The van der Waals surface area contributed by atoms with E-state index in [2.05, 4.69) is 12.2 Å². The smallest absolute Gasteiger partial charge is 0.314 e. The minimum absolute atomic E-state index is 0.204. The van der Waals surface area contributed by atoms with Gasteiger partial charge in [-0.15, -0.1) is 0 Å². The second kappa shape index (κ2) is 11.6. The summed E-state index contributed by atoms with van der Waals surface area (Å²) >= 11 is 12.3. The monoisotopic (exact) mass is 522 g/mol. The average Bonchev–Trinajstić information content (AvgIpc) is 2.88. The van der Waals surface area contributed by atoms with Gasteiger partial charge in [-0.2, -0.15) is 0 Å². The fourth-order valence-corrected chi connectivity index (χ4v) is 4.55. The molecule has 0 aliphatic heterocycles. The summed E-state index contributed by atoms with van der Waals surface area (Å²) in [6.07, 6.45) is 2.27. The van der Waals surface area contributed by atoms with Gasteiger partial charge in [0, 0.05) is 22.3 Å². The number of nitrogens with one attached hydrogen (secondary N) is 1. The Kier molecular flexibility index (Phi) is 8.28. The zero-order valence-corrected chi connectivity index (χ0v) is 21.8. The molecule has 0 saturated heterocycles. The van der Waals surface area contributed by atoms with Crippen LogP contribution in [0.2, 0.25) is 10.0 Å². The van der Waals surface area contributed by atoms with Gasteiger partial charge in [0.15, 0.2) is 0 Å². The summed E-state index contributed by atoms with van der Waals surface area (Å²) in [4.78, 5) is 34.0. The molecule has 6 nitrogen and oxygen atoms in total. The summed E-state index contributed by atoms with van der Waals surface area (Å²) in [5.41, 5.74) is 1.62. The molecule has 1 atom stereocenters. The van der Waals surface area contributed by atoms with Gasteiger partial charge in [0.1, 0.15) is 5.82 Å². The van der Waals surface area contributed by atoms with E-state index in [1.54, 1.807) is 58.0 Å². The molecule has 0 radical (unpaired) electrons. The second-order valence-electron chi connectivity index (χ2n) is 8.52. The van der Waals surface area contributed by atoms with Crippen LogP contribution in [-0.2, 0) is 0 Å². The lowest BCUT2D eigenvalue weighted by molar-refractivity contribution is 0.180. The van der Waals surface area contributed by atoms with Crippen molar-refractivity contribution >= 4 is 45.8 Å². The minimum Gasteiger partial charge on any atom is -0.314 e. The van der Waals surface area contributed by atoms with Crippen molar-refractivity contribution in [2.75, 3.05) is 11.9 Å². The Balaban J connectivity index is 1.86. The fourth-order valence-electron chi connectivity index (χ4n) is 4.24. The Hall–Kier alpha value is -3.35. The highest BCUT2D eigenvalue weighted by molar-refractivity contribution is 6.31. The quantitative estimate of drug-likeness (QED) is 0.260. The Labute approximate surface area is 220 Å². The van der Waals surface area contributed by atoms with Crippen LogP contribution in [0.3, 0.4) is 0 Å². The van der Waals surface area contributed by atoms with E-state index in [0.717, 1.165) is 12.8 Å². The van der Waals surface area contributed by atoms with E-state index in [1.165, 1.54) is 0 Å². The Morgan fingerprint density at radius 1 is 1.00 bits per heavy atom. The predicted octanol–water partition coefficient (Wildman–Crippen LogP) is 7.48. The van der Waals surface area contributed by atoms with Crippen molar-refractivity contribution in [3.63, 3.8) is 0 Å². The number of carbonyl (C=O) groups excluding carboxylic acids is 1. The van der Waals surface area contributed by atoms with E-state index in [4.69, 9.17) is 28.2 Å². The maximum atomic E-state index is 13.8. The molecule has 0 saturated carbocycles. The number of carbonyl (C=O) groups is 1. The molecule has 4 rings (SSSR count). The van der Waals surface area contributed by atoms with Gasteiger partial charge in [-0.3, -0.25) is 9.36 Å². The molecule has 8 heteroatoms. The third-order valence-electron chi connectivity index (χ3n) is 6.04. The summed E-state index contributed by atoms with van der Waals surface area (Å²) in [6.45, 7) is 4.57. The number of amides is 2. The van der Waals surface area contributed by atoms with Gasteiger partial charge in [-0.1, -0.05) is 61.7 Å². The Bertz CT molecular complexity index is 1420. The van der Waals surface area contributed by atoms with Crippen LogP contribution in [0.4, 0.5) is 10.5 Å². The SMILES string of the molecule is CCCCN(C(=O)Nc1ccc(Cl)cc1)C(CC)c1nc2ccccc2c(=O)n1-c1cccc(Cl)c1. The molecule has 0 spiro atoms. The summed E-state index contributed by atoms with van der Waals surface area (Å²) in [5, 5.41) is 4.58. The normalized spacial score (nSPS) is 11.9. The molecule has 0 bridgehead atoms. The maximum Gasteiger partial charge on any atom is 0.322 e. The van der Waals surface area contributed by atoms with E-state index in [0.29, 0.717) is 51.1 Å². The minimum atomic E-state index is -0.458. The van der Waals surface area contributed by atoms with Crippen LogP contribution in [0.25, 0.3) is 16.6 Å². The maximum absolute atomic E-state index is 13.8. The first-order chi connectivity index (χ1) is 17.4. The number of aromatic nitrogens is 2. The zero-order valence-electron chi connectivity index (χ0n) is 20.2. The third kappa shape index (κ3) is 5.55. The molecular weight excluding hydrogens is 495 g/mol.